The Balaban J connectivity index is 1.88. The maximum atomic E-state index is 13.5. The first-order valence-corrected chi connectivity index (χ1v) is 13.0. The number of nitrogens with zero attached hydrogens (tertiary/aromatic N) is 2. The fourth-order valence-electron chi connectivity index (χ4n) is 3.74. The summed E-state index contributed by atoms with van der Waals surface area (Å²) in [6, 6.07) is 8.03. The summed E-state index contributed by atoms with van der Waals surface area (Å²) in [5.41, 5.74) is 0.863. The van der Waals surface area contributed by atoms with Gasteiger partial charge in [-0.15, -0.1) is 0 Å². The maximum absolute atomic E-state index is 13.5. The number of aromatic nitrogens is 1. The van der Waals surface area contributed by atoms with Crippen LogP contribution in [0.3, 0.4) is 0 Å². The summed E-state index contributed by atoms with van der Waals surface area (Å²) in [6.45, 7) is 10.9. The van der Waals surface area contributed by atoms with E-state index < -0.39 is 33.0 Å². The molecule has 0 amide bonds. The first-order valence-electron chi connectivity index (χ1n) is 11.6. The lowest BCUT2D eigenvalue weighted by Crippen LogP contribution is -2.29. The second-order valence-electron chi connectivity index (χ2n) is 10.6. The number of carbonyl (C=O) groups is 2. The lowest BCUT2D eigenvalue weighted by atomic mass is 9.85. The number of hydrogen-bond donors (Lipinski definition) is 1. The molecule has 0 radical (unpaired) electrons. The van der Waals surface area contributed by atoms with Crippen LogP contribution in [-0.4, -0.2) is 42.6 Å². The van der Waals surface area contributed by atoms with Crippen LogP contribution < -0.4 is 4.31 Å². The van der Waals surface area contributed by atoms with Crippen LogP contribution in [0.4, 0.5) is 5.82 Å². The van der Waals surface area contributed by atoms with Crippen molar-refractivity contribution in [1.29, 1.82) is 0 Å². The quantitative estimate of drug-likeness (QED) is 0.441. The number of benzene rings is 1. The number of ether oxygens (including phenoxy) is 1. The number of hydrogen-bond acceptors (Lipinski definition) is 6. The van der Waals surface area contributed by atoms with Crippen LogP contribution in [0.1, 0.15) is 58.2 Å². The van der Waals surface area contributed by atoms with Crippen molar-refractivity contribution in [2.75, 3.05) is 10.8 Å². The summed E-state index contributed by atoms with van der Waals surface area (Å²) in [7, 11) is -3.92. The standard InChI is InChI=1S/C27H32N2O6S/c1-26(2,3)22(25(31)32)16-18-8-7-9-21(15-18)36(33,34)29-13-12-20-14-19(17-28-24(20)29)10-11-23(30)35-27(4,5)6/h7-11,14-17H,12-13H2,1-6H3,(H,31,32)/b11-10+,22-16-. The molecule has 8 nitrogen and oxygen atoms in total. The first-order chi connectivity index (χ1) is 16.6. The molecule has 3 rings (SSSR count). The molecule has 0 fully saturated rings. The molecule has 0 saturated carbocycles. The van der Waals surface area contributed by atoms with Crippen molar-refractivity contribution in [3.8, 4) is 0 Å². The summed E-state index contributed by atoms with van der Waals surface area (Å²) in [6.07, 6.45) is 6.39. The van der Waals surface area contributed by atoms with Gasteiger partial charge in [-0.2, -0.15) is 0 Å². The molecule has 0 bridgehead atoms. The molecule has 0 atom stereocenters. The lowest BCUT2D eigenvalue weighted by molar-refractivity contribution is -0.148. The second-order valence-corrected chi connectivity index (χ2v) is 12.5. The molecule has 0 spiro atoms. The molecular weight excluding hydrogens is 480 g/mol. The van der Waals surface area contributed by atoms with Crippen molar-refractivity contribution in [2.45, 2.75) is 58.5 Å². The maximum Gasteiger partial charge on any atom is 0.332 e. The Kier molecular flexibility index (Phi) is 7.45. The number of pyridine rings is 1. The number of esters is 1. The van der Waals surface area contributed by atoms with E-state index in [-0.39, 0.29) is 17.0 Å². The van der Waals surface area contributed by atoms with Crippen LogP contribution in [0.5, 0.6) is 0 Å². The number of aliphatic carboxylic acids is 1. The number of carbonyl (C=O) groups excluding carboxylic acids is 1. The van der Waals surface area contributed by atoms with Crippen molar-refractivity contribution in [3.63, 3.8) is 0 Å². The second kappa shape index (κ2) is 9.89. The minimum absolute atomic E-state index is 0.0541. The predicted octanol–water partition coefficient (Wildman–Crippen LogP) is 4.70. The molecule has 0 aliphatic carbocycles. The Morgan fingerprint density at radius 1 is 1.08 bits per heavy atom. The van der Waals surface area contributed by atoms with Gasteiger partial charge in [0.1, 0.15) is 11.4 Å². The van der Waals surface area contributed by atoms with Crippen LogP contribution in [0.15, 0.2) is 53.1 Å². The van der Waals surface area contributed by atoms with Gasteiger partial charge in [-0.05, 0) is 79.6 Å². The van der Waals surface area contributed by atoms with E-state index in [4.69, 9.17) is 4.74 Å². The van der Waals surface area contributed by atoms with Crippen LogP contribution in [0.25, 0.3) is 12.2 Å². The number of rotatable bonds is 6. The van der Waals surface area contributed by atoms with E-state index in [0.29, 0.717) is 23.4 Å². The van der Waals surface area contributed by atoms with E-state index in [2.05, 4.69) is 4.98 Å². The molecule has 1 aliphatic rings. The Bertz CT molecular complexity index is 1350. The van der Waals surface area contributed by atoms with Crippen molar-refractivity contribution >= 4 is 39.9 Å². The minimum atomic E-state index is -3.92. The van der Waals surface area contributed by atoms with Crippen molar-refractivity contribution in [3.05, 3.63) is 64.9 Å². The fraction of sp³-hybridized carbons (Fsp3) is 0.370. The Morgan fingerprint density at radius 3 is 2.39 bits per heavy atom. The monoisotopic (exact) mass is 512 g/mol. The third-order valence-corrected chi connectivity index (χ3v) is 7.18. The van der Waals surface area contributed by atoms with Gasteiger partial charge in [0.2, 0.25) is 0 Å². The largest absolute Gasteiger partial charge is 0.478 e. The van der Waals surface area contributed by atoms with E-state index in [1.165, 1.54) is 34.8 Å². The van der Waals surface area contributed by atoms with Gasteiger partial charge in [-0.1, -0.05) is 32.9 Å². The van der Waals surface area contributed by atoms with E-state index in [0.717, 1.165) is 5.56 Å². The van der Waals surface area contributed by atoms with Crippen molar-refractivity contribution in [1.82, 2.24) is 4.98 Å². The molecule has 2 aromatic rings. The smallest absolute Gasteiger partial charge is 0.332 e. The van der Waals surface area contributed by atoms with Gasteiger partial charge < -0.3 is 9.84 Å². The van der Waals surface area contributed by atoms with Gasteiger partial charge in [0, 0.05) is 24.4 Å². The molecule has 1 aromatic carbocycles. The van der Waals surface area contributed by atoms with Gasteiger partial charge >= 0.3 is 11.9 Å². The third kappa shape index (κ3) is 6.40. The highest BCUT2D eigenvalue weighted by Crippen LogP contribution is 2.33. The molecule has 0 unspecified atom stereocenters. The van der Waals surface area contributed by atoms with Crippen LogP contribution in [0.2, 0.25) is 0 Å². The van der Waals surface area contributed by atoms with Gasteiger partial charge in [-0.25, -0.2) is 27.3 Å². The highest BCUT2D eigenvalue weighted by atomic mass is 32.2. The summed E-state index contributed by atoms with van der Waals surface area (Å²) >= 11 is 0. The minimum Gasteiger partial charge on any atom is -0.478 e. The third-order valence-electron chi connectivity index (χ3n) is 5.40. The van der Waals surface area contributed by atoms with E-state index in [1.54, 1.807) is 65.8 Å². The van der Waals surface area contributed by atoms with Gasteiger partial charge in [0.05, 0.1) is 4.90 Å². The molecule has 1 aromatic heterocycles. The summed E-state index contributed by atoms with van der Waals surface area (Å²) in [5.74, 6) is -1.19. The van der Waals surface area contributed by atoms with E-state index in [9.17, 15) is 23.1 Å². The predicted molar refractivity (Wildman–Crippen MR) is 139 cm³/mol. The average Bonchev–Trinajstić information content (AvgIpc) is 3.18. The topological polar surface area (TPSA) is 114 Å². The number of carboxylic acid groups (broad SMARTS) is 1. The summed E-state index contributed by atoms with van der Waals surface area (Å²) in [5, 5.41) is 9.59. The van der Waals surface area contributed by atoms with Crippen molar-refractivity contribution < 1.29 is 27.9 Å². The zero-order valence-corrected chi connectivity index (χ0v) is 22.2. The molecule has 2 heterocycles. The van der Waals surface area contributed by atoms with Crippen LogP contribution >= 0.6 is 0 Å². The number of sulfonamides is 1. The molecule has 1 N–H and O–H groups in total. The van der Waals surface area contributed by atoms with Crippen molar-refractivity contribution in [2.24, 2.45) is 5.41 Å². The fourth-order valence-corrected chi connectivity index (χ4v) is 5.25. The summed E-state index contributed by atoms with van der Waals surface area (Å²) in [4.78, 5) is 28.1. The Morgan fingerprint density at radius 2 is 1.78 bits per heavy atom. The molecule has 1 aliphatic heterocycles. The molecular formula is C27H32N2O6S. The van der Waals surface area contributed by atoms with E-state index >= 15 is 0 Å². The highest BCUT2D eigenvalue weighted by molar-refractivity contribution is 7.92. The highest BCUT2D eigenvalue weighted by Gasteiger charge is 2.32. The SMILES string of the molecule is CC(C)(C)OC(=O)/C=C/c1cnc2c(c1)CCN2S(=O)(=O)c1cccc(/C=C(/C(=O)O)C(C)(C)C)c1. The first kappa shape index (κ1) is 27.1. The molecule has 0 saturated heterocycles. The van der Waals surface area contributed by atoms with Gasteiger partial charge in [0.15, 0.2) is 0 Å². The zero-order chi connectivity index (χ0) is 26.9. The number of anilines is 1. The lowest BCUT2D eigenvalue weighted by Gasteiger charge is -2.20. The zero-order valence-electron chi connectivity index (χ0n) is 21.4. The molecule has 192 valence electrons. The van der Waals surface area contributed by atoms with Gasteiger partial charge in [-0.3, -0.25) is 0 Å². The summed E-state index contributed by atoms with van der Waals surface area (Å²) < 4.78 is 33.5. The van der Waals surface area contributed by atoms with Crippen LogP contribution in [0, 0.1) is 5.41 Å². The molecule has 36 heavy (non-hydrogen) atoms. The van der Waals surface area contributed by atoms with E-state index in [1.807, 2.05) is 0 Å². The Labute approximate surface area is 212 Å². The molecule has 9 heteroatoms. The average molecular weight is 513 g/mol. The van der Waals surface area contributed by atoms with Crippen LogP contribution in [-0.2, 0) is 30.8 Å². The number of carboxylic acids is 1. The van der Waals surface area contributed by atoms with Gasteiger partial charge in [0.25, 0.3) is 10.0 Å². The normalized spacial score (nSPS) is 14.7. The number of fused-ring (bicyclic) bond motifs is 1. The Hall–Kier alpha value is -3.46.